The minimum absolute atomic E-state index is 0.141. The summed E-state index contributed by atoms with van der Waals surface area (Å²) in [5, 5.41) is 20.9. The van der Waals surface area contributed by atoms with Crippen molar-refractivity contribution < 1.29 is 15.0 Å². The molecule has 6 atom stereocenters. The molecule has 0 saturated heterocycles. The Bertz CT molecular complexity index is 704. The highest BCUT2D eigenvalue weighted by atomic mass is 16.3. The number of allylic oxidation sites excluding steroid dienone is 2. The number of rotatable bonds is 4. The molecule has 0 radical (unpaired) electrons. The fraction of sp³-hybridized carbons (Fsp3) is 0.708. The molecule has 0 unspecified atom stereocenters. The van der Waals surface area contributed by atoms with Crippen LogP contribution in [0, 0.1) is 29.1 Å². The zero-order chi connectivity index (χ0) is 19.4. The lowest BCUT2D eigenvalue weighted by molar-refractivity contribution is -0.116. The summed E-state index contributed by atoms with van der Waals surface area (Å²) < 4.78 is 0. The molecule has 148 valence electrons. The van der Waals surface area contributed by atoms with Gasteiger partial charge in [-0.15, -0.1) is 0 Å². The summed E-state index contributed by atoms with van der Waals surface area (Å²) in [6.45, 7) is 11.2. The van der Waals surface area contributed by atoms with Gasteiger partial charge in [0.25, 0.3) is 0 Å². The number of carbonyl (C=O) groups excluding carboxylic acids is 1. The van der Waals surface area contributed by atoms with Gasteiger partial charge in [0.05, 0.1) is 5.60 Å². The van der Waals surface area contributed by atoms with Gasteiger partial charge in [-0.3, -0.25) is 4.79 Å². The molecule has 27 heavy (non-hydrogen) atoms. The summed E-state index contributed by atoms with van der Waals surface area (Å²) in [7, 11) is 0. The van der Waals surface area contributed by atoms with Gasteiger partial charge >= 0.3 is 0 Å². The minimum Gasteiger partial charge on any atom is -0.396 e. The predicted molar refractivity (Wildman–Crippen MR) is 107 cm³/mol. The fourth-order valence-corrected chi connectivity index (χ4v) is 7.30. The summed E-state index contributed by atoms with van der Waals surface area (Å²) in [5.74, 6) is 2.31. The number of carbonyl (C=O) groups is 1. The molecule has 3 nitrogen and oxygen atoms in total. The van der Waals surface area contributed by atoms with Crippen LogP contribution in [0.4, 0.5) is 0 Å². The van der Waals surface area contributed by atoms with Gasteiger partial charge in [-0.1, -0.05) is 31.2 Å². The number of ketones is 1. The minimum atomic E-state index is -0.848. The van der Waals surface area contributed by atoms with E-state index in [1.54, 1.807) is 0 Å². The fourth-order valence-electron chi connectivity index (χ4n) is 7.30. The maximum absolute atomic E-state index is 11.9. The topological polar surface area (TPSA) is 57.5 Å². The Kier molecular flexibility index (Phi) is 4.75. The highest BCUT2D eigenvalue weighted by molar-refractivity contribution is 5.91. The second kappa shape index (κ2) is 6.70. The van der Waals surface area contributed by atoms with Gasteiger partial charge in [-0.25, -0.2) is 0 Å². The number of hydrogen-bond acceptors (Lipinski definition) is 3. The van der Waals surface area contributed by atoms with Crippen LogP contribution in [0.15, 0.2) is 36.0 Å². The molecule has 4 aliphatic carbocycles. The van der Waals surface area contributed by atoms with Crippen LogP contribution < -0.4 is 0 Å². The first-order chi connectivity index (χ1) is 12.8. The molecule has 2 N–H and O–H groups in total. The van der Waals surface area contributed by atoms with Crippen molar-refractivity contribution in [3.05, 3.63) is 36.0 Å². The summed E-state index contributed by atoms with van der Waals surface area (Å²) in [5.41, 5.74) is 2.48. The van der Waals surface area contributed by atoms with E-state index in [2.05, 4.69) is 20.1 Å². The summed E-state index contributed by atoms with van der Waals surface area (Å²) >= 11 is 0. The van der Waals surface area contributed by atoms with E-state index in [9.17, 15) is 15.0 Å². The lowest BCUT2D eigenvalue weighted by atomic mass is 9.48. The molecule has 0 bridgehead atoms. The van der Waals surface area contributed by atoms with E-state index in [1.165, 1.54) is 11.1 Å². The van der Waals surface area contributed by atoms with E-state index in [0.29, 0.717) is 48.7 Å². The summed E-state index contributed by atoms with van der Waals surface area (Å²) in [6.07, 6.45) is 9.74. The highest BCUT2D eigenvalue weighted by Gasteiger charge is 2.63. The summed E-state index contributed by atoms with van der Waals surface area (Å²) in [4.78, 5) is 11.9. The van der Waals surface area contributed by atoms with Gasteiger partial charge in [0.15, 0.2) is 5.78 Å². The smallest absolute Gasteiger partial charge is 0.155 e. The first kappa shape index (κ1) is 19.1. The third-order valence-electron chi connectivity index (χ3n) is 8.57. The van der Waals surface area contributed by atoms with Crippen LogP contribution >= 0.6 is 0 Å². The van der Waals surface area contributed by atoms with Gasteiger partial charge in [0.2, 0.25) is 0 Å². The summed E-state index contributed by atoms with van der Waals surface area (Å²) in [6, 6.07) is 0. The van der Waals surface area contributed by atoms with Crippen LogP contribution in [-0.2, 0) is 4.79 Å². The molecule has 4 rings (SSSR count). The maximum atomic E-state index is 11.9. The van der Waals surface area contributed by atoms with Crippen molar-refractivity contribution in [1.29, 1.82) is 0 Å². The van der Waals surface area contributed by atoms with Gasteiger partial charge < -0.3 is 10.2 Å². The molecule has 0 aromatic rings. The Morgan fingerprint density at radius 2 is 2.07 bits per heavy atom. The van der Waals surface area contributed by atoms with Gasteiger partial charge in [-0.05, 0) is 86.7 Å². The highest BCUT2D eigenvalue weighted by Crippen LogP contribution is 2.67. The molecular formula is C24H34O3. The molecule has 0 aromatic heterocycles. The molecule has 4 aliphatic rings. The Hall–Kier alpha value is -1.19. The van der Waals surface area contributed by atoms with Crippen LogP contribution in [0.2, 0.25) is 0 Å². The van der Waals surface area contributed by atoms with E-state index in [1.807, 2.05) is 6.08 Å². The monoisotopic (exact) mass is 370 g/mol. The van der Waals surface area contributed by atoms with Crippen LogP contribution in [0.3, 0.4) is 0 Å². The van der Waals surface area contributed by atoms with E-state index in [0.717, 1.165) is 44.1 Å². The van der Waals surface area contributed by atoms with Crippen molar-refractivity contribution in [2.45, 2.75) is 70.3 Å². The zero-order valence-electron chi connectivity index (χ0n) is 16.7. The molecule has 3 saturated carbocycles. The molecule has 3 fully saturated rings. The van der Waals surface area contributed by atoms with Crippen LogP contribution in [-0.4, -0.2) is 28.2 Å². The SMILES string of the molecule is C=C1C[C@@]2(C)[C@@H](CC[C@@]2(O)C(=C)CCCO)[C@@H]2CCC3=CC(=O)CC[C@@H]3[C@@H]12. The van der Waals surface area contributed by atoms with E-state index in [-0.39, 0.29) is 12.0 Å². The van der Waals surface area contributed by atoms with Crippen molar-refractivity contribution in [3.63, 3.8) is 0 Å². The Morgan fingerprint density at radius 3 is 2.81 bits per heavy atom. The molecular weight excluding hydrogens is 336 g/mol. The maximum Gasteiger partial charge on any atom is 0.155 e. The standard InChI is InChI=1S/C24H34O3/c1-15-14-23(3)21(10-11-24(23,27)16(2)5-4-12-25)20-8-6-17-13-18(26)7-9-19(17)22(15)20/h13,19-22,25,27H,1-2,4-12,14H2,3H3/t19-,20-,21-,22+,23-,24+/m0/s1. The van der Waals surface area contributed by atoms with Crippen LogP contribution in [0.5, 0.6) is 0 Å². The number of aliphatic hydroxyl groups is 2. The largest absolute Gasteiger partial charge is 0.396 e. The lowest BCUT2D eigenvalue weighted by Gasteiger charge is -2.57. The molecule has 0 aliphatic heterocycles. The molecule has 0 amide bonds. The number of aliphatic hydroxyl groups excluding tert-OH is 1. The Morgan fingerprint density at radius 1 is 1.30 bits per heavy atom. The van der Waals surface area contributed by atoms with Gasteiger partial charge in [0, 0.05) is 18.4 Å². The average molecular weight is 371 g/mol. The predicted octanol–water partition coefficient (Wildman–Crippen LogP) is 4.35. The zero-order valence-corrected chi connectivity index (χ0v) is 16.7. The van der Waals surface area contributed by atoms with E-state index < -0.39 is 5.60 Å². The molecule has 0 spiro atoms. The first-order valence-corrected chi connectivity index (χ1v) is 10.7. The second-order valence-corrected chi connectivity index (χ2v) is 9.75. The van der Waals surface area contributed by atoms with Gasteiger partial charge in [0.1, 0.15) is 0 Å². The van der Waals surface area contributed by atoms with Gasteiger partial charge in [-0.2, -0.15) is 0 Å². The normalized spacial score (nSPS) is 43.6. The number of hydrogen-bond donors (Lipinski definition) is 2. The quantitative estimate of drug-likeness (QED) is 0.723. The van der Waals surface area contributed by atoms with Crippen molar-refractivity contribution in [1.82, 2.24) is 0 Å². The van der Waals surface area contributed by atoms with Crippen molar-refractivity contribution >= 4 is 5.78 Å². The average Bonchev–Trinajstić information content (AvgIpc) is 2.91. The van der Waals surface area contributed by atoms with Crippen molar-refractivity contribution in [2.75, 3.05) is 6.61 Å². The van der Waals surface area contributed by atoms with Crippen LogP contribution in [0.1, 0.15) is 64.7 Å². The van der Waals surface area contributed by atoms with E-state index >= 15 is 0 Å². The first-order valence-electron chi connectivity index (χ1n) is 10.7. The molecule has 3 heteroatoms. The van der Waals surface area contributed by atoms with E-state index in [4.69, 9.17) is 0 Å². The third kappa shape index (κ3) is 2.73. The third-order valence-corrected chi connectivity index (χ3v) is 8.57. The molecule has 0 aromatic carbocycles. The lowest BCUT2D eigenvalue weighted by Crippen LogP contribution is -2.54. The molecule has 0 heterocycles. The van der Waals surface area contributed by atoms with Crippen molar-refractivity contribution in [2.24, 2.45) is 29.1 Å². The Labute approximate surface area is 163 Å². The number of fused-ring (bicyclic) bond motifs is 5. The Balaban J connectivity index is 1.64. The van der Waals surface area contributed by atoms with Crippen molar-refractivity contribution in [3.8, 4) is 0 Å². The second-order valence-electron chi connectivity index (χ2n) is 9.75. The van der Waals surface area contributed by atoms with Crippen LogP contribution in [0.25, 0.3) is 0 Å².